The zero-order valence-electron chi connectivity index (χ0n) is 15.8. The summed E-state index contributed by atoms with van der Waals surface area (Å²) < 4.78 is 0. The summed E-state index contributed by atoms with van der Waals surface area (Å²) in [5.41, 5.74) is 2.74. The summed E-state index contributed by atoms with van der Waals surface area (Å²) in [5, 5.41) is 8.38. The molecule has 30 heavy (non-hydrogen) atoms. The van der Waals surface area contributed by atoms with Crippen molar-refractivity contribution in [3.63, 3.8) is 0 Å². The van der Waals surface area contributed by atoms with Crippen LogP contribution >= 0.6 is 11.8 Å². The van der Waals surface area contributed by atoms with Crippen molar-refractivity contribution >= 4 is 40.9 Å². The quantitative estimate of drug-likeness (QED) is 0.590. The van der Waals surface area contributed by atoms with E-state index in [1.165, 1.54) is 11.8 Å². The van der Waals surface area contributed by atoms with E-state index < -0.39 is 0 Å². The first-order valence-electron chi connectivity index (χ1n) is 9.25. The minimum absolute atomic E-state index is 0.0884. The Balaban J connectivity index is 1.42. The van der Waals surface area contributed by atoms with Crippen molar-refractivity contribution in [3.05, 3.63) is 83.7 Å². The highest BCUT2D eigenvalue weighted by Gasteiger charge is 2.17. The number of hydrogen-bond donors (Lipinski definition) is 3. The second kappa shape index (κ2) is 8.79. The first kappa shape index (κ1) is 19.7. The predicted octanol–water partition coefficient (Wildman–Crippen LogP) is 3.31. The van der Waals surface area contributed by atoms with Gasteiger partial charge in [0, 0.05) is 27.9 Å². The molecular weight excluding hydrogens is 400 g/mol. The lowest BCUT2D eigenvalue weighted by molar-refractivity contribution is -0.113. The van der Waals surface area contributed by atoms with E-state index >= 15 is 0 Å². The molecule has 2 aromatic carbocycles. The number of anilines is 2. The summed E-state index contributed by atoms with van der Waals surface area (Å²) >= 11 is 1.44. The average molecular weight is 418 g/mol. The molecule has 1 aliphatic rings. The molecule has 1 aromatic heterocycles. The number of pyridine rings is 1. The number of carbonyl (C=O) groups is 3. The molecule has 0 spiro atoms. The Morgan fingerprint density at radius 3 is 2.70 bits per heavy atom. The van der Waals surface area contributed by atoms with Crippen LogP contribution in [0.5, 0.6) is 0 Å². The van der Waals surface area contributed by atoms with Gasteiger partial charge in [0.1, 0.15) is 0 Å². The Morgan fingerprint density at radius 2 is 1.87 bits per heavy atom. The van der Waals surface area contributed by atoms with Crippen LogP contribution in [-0.2, 0) is 11.3 Å². The highest BCUT2D eigenvalue weighted by Crippen LogP contribution is 2.32. The fraction of sp³-hybridized carbons (Fsp3) is 0.0909. The molecule has 1 aliphatic heterocycles. The highest BCUT2D eigenvalue weighted by molar-refractivity contribution is 8.00. The number of rotatable bonds is 5. The van der Waals surface area contributed by atoms with E-state index in [1.54, 1.807) is 42.6 Å². The Bertz CT molecular complexity index is 1120. The Kier molecular flexibility index (Phi) is 5.76. The van der Waals surface area contributed by atoms with E-state index in [2.05, 4.69) is 20.9 Å². The second-order valence-corrected chi connectivity index (χ2v) is 7.60. The van der Waals surface area contributed by atoms with E-state index in [9.17, 15) is 14.4 Å². The van der Waals surface area contributed by atoms with Crippen LogP contribution in [-0.4, -0.2) is 28.5 Å². The molecule has 150 valence electrons. The van der Waals surface area contributed by atoms with Gasteiger partial charge in [-0.3, -0.25) is 19.4 Å². The molecule has 7 nitrogen and oxygen atoms in total. The molecule has 3 N–H and O–H groups in total. The summed E-state index contributed by atoms with van der Waals surface area (Å²) in [7, 11) is 0. The predicted molar refractivity (Wildman–Crippen MR) is 116 cm³/mol. The Hall–Kier alpha value is -3.65. The maximum atomic E-state index is 12.6. The van der Waals surface area contributed by atoms with Gasteiger partial charge in [0.15, 0.2) is 0 Å². The van der Waals surface area contributed by atoms with Crippen molar-refractivity contribution < 1.29 is 14.4 Å². The monoisotopic (exact) mass is 418 g/mol. The number of nitrogens with one attached hydrogen (secondary N) is 3. The maximum Gasteiger partial charge on any atom is 0.255 e. The molecule has 0 bridgehead atoms. The third-order valence-corrected chi connectivity index (χ3v) is 5.49. The van der Waals surface area contributed by atoms with Crippen molar-refractivity contribution in [3.8, 4) is 0 Å². The lowest BCUT2D eigenvalue weighted by Gasteiger charge is -2.17. The fourth-order valence-corrected chi connectivity index (χ4v) is 3.73. The summed E-state index contributed by atoms with van der Waals surface area (Å²) in [6, 6.07) is 17.4. The topological polar surface area (TPSA) is 100 Å². The molecule has 8 heteroatoms. The maximum absolute atomic E-state index is 12.6. The minimum atomic E-state index is -0.325. The van der Waals surface area contributed by atoms with Crippen molar-refractivity contribution in [1.82, 2.24) is 10.3 Å². The normalized spacial score (nSPS) is 12.5. The lowest BCUT2D eigenvalue weighted by atomic mass is 10.1. The zero-order valence-corrected chi connectivity index (χ0v) is 16.7. The van der Waals surface area contributed by atoms with Crippen LogP contribution in [0.3, 0.4) is 0 Å². The van der Waals surface area contributed by atoms with E-state index in [0.717, 1.165) is 10.6 Å². The SMILES string of the molecule is O=C1CSc2ccc(C(=O)Nc3cccc(C(=O)NCc4ccccn4)c3)cc2N1. The molecule has 3 amide bonds. The largest absolute Gasteiger partial charge is 0.346 e. The number of thioether (sulfide) groups is 1. The van der Waals surface area contributed by atoms with Crippen molar-refractivity contribution in [1.29, 1.82) is 0 Å². The van der Waals surface area contributed by atoms with Crippen LogP contribution in [0.4, 0.5) is 11.4 Å². The van der Waals surface area contributed by atoms with Crippen molar-refractivity contribution in [2.75, 3.05) is 16.4 Å². The van der Waals surface area contributed by atoms with Crippen LogP contribution in [0.1, 0.15) is 26.4 Å². The molecule has 3 aromatic rings. The van der Waals surface area contributed by atoms with Gasteiger partial charge in [0.2, 0.25) is 5.91 Å². The van der Waals surface area contributed by atoms with Crippen LogP contribution in [0.15, 0.2) is 71.8 Å². The van der Waals surface area contributed by atoms with Gasteiger partial charge in [-0.2, -0.15) is 0 Å². The summed E-state index contributed by atoms with van der Waals surface area (Å²) in [4.78, 5) is 41.7. The molecule has 0 unspecified atom stereocenters. The standard InChI is InChI=1S/C22H18N4O3S/c27-20-13-30-19-8-7-15(11-18(19)26-20)22(29)25-16-6-3-4-14(10-16)21(28)24-12-17-5-1-2-9-23-17/h1-11H,12-13H2,(H,24,28)(H,25,29)(H,26,27). The molecule has 0 saturated heterocycles. The third kappa shape index (κ3) is 4.66. The van der Waals surface area contributed by atoms with Gasteiger partial charge >= 0.3 is 0 Å². The number of nitrogens with zero attached hydrogens (tertiary/aromatic N) is 1. The number of carbonyl (C=O) groups excluding carboxylic acids is 3. The van der Waals surface area contributed by atoms with Gasteiger partial charge in [-0.05, 0) is 48.5 Å². The van der Waals surface area contributed by atoms with Crippen LogP contribution in [0.25, 0.3) is 0 Å². The Morgan fingerprint density at radius 1 is 1.00 bits per heavy atom. The summed E-state index contributed by atoms with van der Waals surface area (Å²) in [5.74, 6) is -0.304. The number of amides is 3. The molecule has 4 rings (SSSR count). The van der Waals surface area contributed by atoms with E-state index in [1.807, 2.05) is 24.3 Å². The van der Waals surface area contributed by atoms with Gasteiger partial charge in [0.05, 0.1) is 23.7 Å². The number of benzene rings is 2. The highest BCUT2D eigenvalue weighted by atomic mass is 32.2. The van der Waals surface area contributed by atoms with Crippen LogP contribution < -0.4 is 16.0 Å². The van der Waals surface area contributed by atoms with Gasteiger partial charge in [0.25, 0.3) is 11.8 Å². The molecule has 0 saturated carbocycles. The lowest BCUT2D eigenvalue weighted by Crippen LogP contribution is -2.23. The number of fused-ring (bicyclic) bond motifs is 1. The number of aromatic nitrogens is 1. The minimum Gasteiger partial charge on any atom is -0.346 e. The van der Waals surface area contributed by atoms with Crippen molar-refractivity contribution in [2.45, 2.75) is 11.4 Å². The van der Waals surface area contributed by atoms with Gasteiger partial charge in [-0.25, -0.2) is 0 Å². The molecule has 0 radical (unpaired) electrons. The first-order chi connectivity index (χ1) is 14.6. The number of hydrogen-bond acceptors (Lipinski definition) is 5. The Labute approximate surface area is 177 Å². The van der Waals surface area contributed by atoms with Gasteiger partial charge < -0.3 is 16.0 Å². The van der Waals surface area contributed by atoms with Gasteiger partial charge in [-0.1, -0.05) is 12.1 Å². The van der Waals surface area contributed by atoms with E-state index in [4.69, 9.17) is 0 Å². The average Bonchev–Trinajstić information content (AvgIpc) is 2.77. The van der Waals surface area contributed by atoms with E-state index in [0.29, 0.717) is 34.8 Å². The van der Waals surface area contributed by atoms with Crippen LogP contribution in [0.2, 0.25) is 0 Å². The van der Waals surface area contributed by atoms with Crippen LogP contribution in [0, 0.1) is 0 Å². The first-order valence-corrected chi connectivity index (χ1v) is 10.2. The van der Waals surface area contributed by atoms with Gasteiger partial charge in [-0.15, -0.1) is 11.8 Å². The molecular formula is C22H18N4O3S. The summed E-state index contributed by atoms with van der Waals surface area (Å²) in [6.45, 7) is 0.315. The second-order valence-electron chi connectivity index (χ2n) is 6.59. The van der Waals surface area contributed by atoms with Crippen molar-refractivity contribution in [2.24, 2.45) is 0 Å². The smallest absolute Gasteiger partial charge is 0.255 e. The molecule has 2 heterocycles. The molecule has 0 aliphatic carbocycles. The summed E-state index contributed by atoms with van der Waals surface area (Å²) in [6.07, 6.45) is 1.67. The fourth-order valence-electron chi connectivity index (χ4n) is 2.94. The zero-order chi connectivity index (χ0) is 20.9. The third-order valence-electron chi connectivity index (χ3n) is 4.41. The molecule has 0 atom stereocenters. The molecule has 0 fully saturated rings. The van der Waals surface area contributed by atoms with E-state index in [-0.39, 0.29) is 17.7 Å².